The van der Waals surface area contributed by atoms with E-state index in [2.05, 4.69) is 6.58 Å². The van der Waals surface area contributed by atoms with Crippen molar-refractivity contribution < 1.29 is 24.6 Å². The van der Waals surface area contributed by atoms with E-state index < -0.39 is 24.4 Å². The summed E-state index contributed by atoms with van der Waals surface area (Å²) < 4.78 is 0. The van der Waals surface area contributed by atoms with Crippen molar-refractivity contribution in [1.82, 2.24) is 0 Å². The largest absolute Gasteiger partial charge is 0.480 e. The number of hydrogen-bond acceptors (Lipinski definition) is 3. The Kier molecular flexibility index (Phi) is 4.41. The van der Waals surface area contributed by atoms with Crippen molar-refractivity contribution in [3.63, 3.8) is 0 Å². The Morgan fingerprint density at radius 1 is 1.21 bits per heavy atom. The van der Waals surface area contributed by atoms with Crippen LogP contribution in [0.25, 0.3) is 0 Å². The highest BCUT2D eigenvalue weighted by atomic mass is 16.4. The van der Waals surface area contributed by atoms with Gasteiger partial charge in [0.05, 0.1) is 11.3 Å². The molecule has 6 nitrogen and oxygen atoms in total. The minimum Gasteiger partial charge on any atom is -0.480 e. The Bertz CT molecular complexity index is 550. The molecule has 0 aliphatic rings. The third-order valence-electron chi connectivity index (χ3n) is 2.33. The molecule has 1 aromatic rings. The van der Waals surface area contributed by atoms with Crippen LogP contribution >= 0.6 is 0 Å². The average molecular weight is 263 g/mol. The average Bonchev–Trinajstić information content (AvgIpc) is 2.34. The van der Waals surface area contributed by atoms with Gasteiger partial charge < -0.3 is 10.2 Å². The van der Waals surface area contributed by atoms with Gasteiger partial charge in [-0.2, -0.15) is 0 Å². The summed E-state index contributed by atoms with van der Waals surface area (Å²) in [5.41, 5.74) is 0.0187. The Balaban J connectivity index is 3.32. The molecule has 0 saturated heterocycles. The fourth-order valence-corrected chi connectivity index (χ4v) is 1.52. The Morgan fingerprint density at radius 3 is 2.26 bits per heavy atom. The van der Waals surface area contributed by atoms with Gasteiger partial charge in [0.25, 0.3) is 5.91 Å². The minimum atomic E-state index is -1.24. The lowest BCUT2D eigenvalue weighted by Crippen LogP contribution is -2.37. The molecule has 0 radical (unpaired) electrons. The zero-order chi connectivity index (χ0) is 14.6. The first-order chi connectivity index (χ1) is 8.84. The maximum Gasteiger partial charge on any atom is 0.337 e. The molecule has 0 atom stereocenters. The van der Waals surface area contributed by atoms with E-state index >= 15 is 0 Å². The number of amides is 1. The summed E-state index contributed by atoms with van der Waals surface area (Å²) in [6, 6.07) is 5.71. The van der Waals surface area contributed by atoms with E-state index in [1.165, 1.54) is 31.2 Å². The molecule has 0 heterocycles. The number of carbonyl (C=O) groups excluding carboxylic acids is 1. The van der Waals surface area contributed by atoms with E-state index in [-0.39, 0.29) is 16.8 Å². The van der Waals surface area contributed by atoms with E-state index in [9.17, 15) is 14.4 Å². The third-order valence-corrected chi connectivity index (χ3v) is 2.33. The molecule has 0 saturated carbocycles. The normalized spacial score (nSPS) is 9.74. The van der Waals surface area contributed by atoms with Gasteiger partial charge in [-0.3, -0.25) is 14.5 Å². The van der Waals surface area contributed by atoms with Crippen molar-refractivity contribution in [3.05, 3.63) is 42.0 Å². The SMILES string of the molecule is C=C(C)C(=O)N(CC(=O)O)c1ccccc1C(=O)O. The van der Waals surface area contributed by atoms with Crippen LogP contribution in [0.2, 0.25) is 0 Å². The molecule has 100 valence electrons. The first kappa shape index (κ1) is 14.4. The topological polar surface area (TPSA) is 94.9 Å². The third kappa shape index (κ3) is 3.41. The predicted molar refractivity (Wildman–Crippen MR) is 68.2 cm³/mol. The van der Waals surface area contributed by atoms with Crippen LogP contribution in [0.5, 0.6) is 0 Å². The van der Waals surface area contributed by atoms with Gasteiger partial charge in [0.1, 0.15) is 6.54 Å². The molecule has 0 aliphatic heterocycles. The van der Waals surface area contributed by atoms with Crippen LogP contribution in [-0.2, 0) is 9.59 Å². The minimum absolute atomic E-state index is 0.0328. The highest BCUT2D eigenvalue weighted by Gasteiger charge is 2.23. The molecule has 6 heteroatoms. The molecule has 0 unspecified atom stereocenters. The van der Waals surface area contributed by atoms with E-state index in [0.29, 0.717) is 0 Å². The van der Waals surface area contributed by atoms with E-state index in [1.807, 2.05) is 0 Å². The van der Waals surface area contributed by atoms with Crippen molar-refractivity contribution in [3.8, 4) is 0 Å². The highest BCUT2D eigenvalue weighted by Crippen LogP contribution is 2.21. The first-order valence-electron chi connectivity index (χ1n) is 5.36. The van der Waals surface area contributed by atoms with Gasteiger partial charge in [-0.25, -0.2) is 4.79 Å². The van der Waals surface area contributed by atoms with E-state index in [0.717, 1.165) is 4.90 Å². The van der Waals surface area contributed by atoms with E-state index in [4.69, 9.17) is 10.2 Å². The number of carboxylic acid groups (broad SMARTS) is 2. The highest BCUT2D eigenvalue weighted by molar-refractivity contribution is 6.10. The molecule has 0 aromatic heterocycles. The molecule has 0 spiro atoms. The van der Waals surface area contributed by atoms with Gasteiger partial charge in [0, 0.05) is 5.57 Å². The lowest BCUT2D eigenvalue weighted by Gasteiger charge is -2.22. The van der Waals surface area contributed by atoms with Crippen molar-refractivity contribution in [2.75, 3.05) is 11.4 Å². The fraction of sp³-hybridized carbons (Fsp3) is 0.154. The molecule has 0 bridgehead atoms. The Labute approximate surface area is 109 Å². The van der Waals surface area contributed by atoms with Crippen LogP contribution in [-0.4, -0.2) is 34.6 Å². The van der Waals surface area contributed by atoms with Crippen LogP contribution in [0.1, 0.15) is 17.3 Å². The number of rotatable bonds is 5. The second kappa shape index (κ2) is 5.81. The van der Waals surface area contributed by atoms with Crippen LogP contribution < -0.4 is 4.90 Å². The number of benzene rings is 1. The van der Waals surface area contributed by atoms with Crippen molar-refractivity contribution >= 4 is 23.5 Å². The fourth-order valence-electron chi connectivity index (χ4n) is 1.52. The number of carboxylic acids is 2. The predicted octanol–water partition coefficient (Wildman–Crippen LogP) is 1.38. The molecule has 1 rings (SSSR count). The number of carbonyl (C=O) groups is 3. The number of nitrogens with zero attached hydrogens (tertiary/aromatic N) is 1. The smallest absolute Gasteiger partial charge is 0.337 e. The summed E-state index contributed by atoms with van der Waals surface area (Å²) in [7, 11) is 0. The van der Waals surface area contributed by atoms with Crippen LogP contribution in [0.3, 0.4) is 0 Å². The van der Waals surface area contributed by atoms with Gasteiger partial charge in [0.2, 0.25) is 0 Å². The second-order valence-corrected chi connectivity index (χ2v) is 3.89. The van der Waals surface area contributed by atoms with Crippen LogP contribution in [0.15, 0.2) is 36.4 Å². The van der Waals surface area contributed by atoms with Crippen molar-refractivity contribution in [2.24, 2.45) is 0 Å². The Hall–Kier alpha value is -2.63. The van der Waals surface area contributed by atoms with Crippen LogP contribution in [0, 0.1) is 0 Å². The number of aromatic carboxylic acids is 1. The summed E-state index contributed by atoms with van der Waals surface area (Å²) in [6.07, 6.45) is 0. The quantitative estimate of drug-likeness (QED) is 0.782. The monoisotopic (exact) mass is 263 g/mol. The van der Waals surface area contributed by atoms with Crippen LogP contribution in [0.4, 0.5) is 5.69 Å². The van der Waals surface area contributed by atoms with Gasteiger partial charge in [0.15, 0.2) is 0 Å². The lowest BCUT2D eigenvalue weighted by molar-refractivity contribution is -0.136. The maximum atomic E-state index is 11.9. The van der Waals surface area contributed by atoms with Gasteiger partial charge in [-0.1, -0.05) is 18.7 Å². The number of hydrogen-bond donors (Lipinski definition) is 2. The maximum absolute atomic E-state index is 11.9. The van der Waals surface area contributed by atoms with Crippen molar-refractivity contribution in [2.45, 2.75) is 6.92 Å². The second-order valence-electron chi connectivity index (χ2n) is 3.89. The molecular formula is C13H13NO5. The molecule has 1 aromatic carbocycles. The van der Waals surface area contributed by atoms with Gasteiger partial charge in [-0.05, 0) is 19.1 Å². The summed E-state index contributed by atoms with van der Waals surface area (Å²) in [5, 5.41) is 17.9. The molecule has 0 aliphatic carbocycles. The lowest BCUT2D eigenvalue weighted by atomic mass is 10.1. The van der Waals surface area contributed by atoms with Crippen molar-refractivity contribution in [1.29, 1.82) is 0 Å². The zero-order valence-corrected chi connectivity index (χ0v) is 10.3. The molecule has 2 N–H and O–H groups in total. The first-order valence-corrected chi connectivity index (χ1v) is 5.36. The number of aliphatic carboxylic acids is 1. The summed E-state index contributed by atoms with van der Waals surface area (Å²) in [5.74, 6) is -3.11. The molecular weight excluding hydrogens is 250 g/mol. The molecule has 1 amide bonds. The van der Waals surface area contributed by atoms with Gasteiger partial charge >= 0.3 is 11.9 Å². The molecule has 19 heavy (non-hydrogen) atoms. The summed E-state index contributed by atoms with van der Waals surface area (Å²) in [4.78, 5) is 34.7. The standard InChI is InChI=1S/C13H13NO5/c1-8(2)12(17)14(7-11(15)16)10-6-4-3-5-9(10)13(18)19/h3-6H,1,7H2,2H3,(H,15,16)(H,18,19). The zero-order valence-electron chi connectivity index (χ0n) is 10.3. The van der Waals surface area contributed by atoms with Gasteiger partial charge in [-0.15, -0.1) is 0 Å². The van der Waals surface area contributed by atoms with E-state index in [1.54, 1.807) is 0 Å². The summed E-state index contributed by atoms with van der Waals surface area (Å²) in [6.45, 7) is 4.25. The number of para-hydroxylation sites is 1. The summed E-state index contributed by atoms with van der Waals surface area (Å²) >= 11 is 0. The Morgan fingerprint density at radius 2 is 1.79 bits per heavy atom. The number of anilines is 1. The molecule has 0 fully saturated rings.